The van der Waals surface area contributed by atoms with Gasteiger partial charge in [0, 0.05) is 25.7 Å². The molecule has 0 aromatic rings. The van der Waals surface area contributed by atoms with Gasteiger partial charge in [-0.15, -0.1) is 0 Å². The van der Waals surface area contributed by atoms with E-state index < -0.39 is 0 Å². The zero-order chi connectivity index (χ0) is 6.97. The van der Waals surface area contributed by atoms with Gasteiger partial charge in [-0.1, -0.05) is 0 Å². The Kier molecular flexibility index (Phi) is 1.34. The van der Waals surface area contributed by atoms with Gasteiger partial charge in [-0.25, -0.2) is 0 Å². The normalized spacial score (nSPS) is 25.7. The fraction of sp³-hybridized carbons (Fsp3) is 0.625. The molecule has 0 N–H and O–H groups in total. The lowest BCUT2D eigenvalue weighted by atomic mass is 10.1. The maximum Gasteiger partial charge on any atom is 0.0536 e. The smallest absolute Gasteiger partial charge is 0.0536 e. The molecule has 2 aliphatic heterocycles. The molecule has 2 nitrogen and oxygen atoms in total. The number of aliphatic imine (C=N–C) groups is 1. The van der Waals surface area contributed by atoms with E-state index in [0.717, 1.165) is 13.0 Å². The molecule has 0 bridgehead atoms. The first-order chi connectivity index (χ1) is 4.86. The molecule has 0 unspecified atom stereocenters. The maximum atomic E-state index is 4.32. The van der Waals surface area contributed by atoms with E-state index in [9.17, 15) is 0 Å². The van der Waals surface area contributed by atoms with Crippen molar-refractivity contribution in [2.24, 2.45) is 4.99 Å². The van der Waals surface area contributed by atoms with Gasteiger partial charge in [-0.3, -0.25) is 4.99 Å². The Morgan fingerprint density at radius 1 is 1.60 bits per heavy atom. The topological polar surface area (TPSA) is 15.6 Å². The summed E-state index contributed by atoms with van der Waals surface area (Å²) in [5.41, 5.74) is 2.90. The number of nitrogens with zero attached hydrogens (tertiary/aromatic N) is 2. The summed E-state index contributed by atoms with van der Waals surface area (Å²) in [6, 6.07) is 0. The third kappa shape index (κ3) is 0.886. The van der Waals surface area contributed by atoms with Crippen molar-refractivity contribution in [3.05, 3.63) is 11.3 Å². The second kappa shape index (κ2) is 2.20. The quantitative estimate of drug-likeness (QED) is 0.486. The van der Waals surface area contributed by atoms with Crippen LogP contribution in [0.15, 0.2) is 16.3 Å². The highest BCUT2D eigenvalue weighted by atomic mass is 15.1. The Balaban J connectivity index is 2.19. The van der Waals surface area contributed by atoms with Crippen LogP contribution in [0.3, 0.4) is 0 Å². The summed E-state index contributed by atoms with van der Waals surface area (Å²) in [6.45, 7) is 2.27. The lowest BCUT2D eigenvalue weighted by Crippen LogP contribution is -2.26. The standard InChI is InChI=1S/C8H12N2/c1-10-5-3-7-2-4-9-8(7)6-10/h4H,2-3,5-6H2,1H3. The van der Waals surface area contributed by atoms with Crippen molar-refractivity contribution < 1.29 is 0 Å². The zero-order valence-corrected chi connectivity index (χ0v) is 6.30. The number of hydrogen-bond acceptors (Lipinski definition) is 2. The highest BCUT2D eigenvalue weighted by molar-refractivity contribution is 5.67. The zero-order valence-electron chi connectivity index (χ0n) is 6.30. The number of hydrogen-bond donors (Lipinski definition) is 0. The first-order valence-corrected chi connectivity index (χ1v) is 3.78. The Bertz CT molecular complexity index is 203. The molecule has 0 atom stereocenters. The molecule has 2 heterocycles. The van der Waals surface area contributed by atoms with E-state index in [4.69, 9.17) is 0 Å². The summed E-state index contributed by atoms with van der Waals surface area (Å²) in [5, 5.41) is 0. The van der Waals surface area contributed by atoms with Crippen molar-refractivity contribution in [3.63, 3.8) is 0 Å². The summed E-state index contributed by atoms with van der Waals surface area (Å²) >= 11 is 0. The minimum absolute atomic E-state index is 1.06. The molecule has 0 fully saturated rings. The Labute approximate surface area is 61.2 Å². The van der Waals surface area contributed by atoms with Crippen LogP contribution in [0, 0.1) is 0 Å². The number of rotatable bonds is 0. The van der Waals surface area contributed by atoms with Gasteiger partial charge in [0.25, 0.3) is 0 Å². The van der Waals surface area contributed by atoms with Gasteiger partial charge < -0.3 is 4.90 Å². The van der Waals surface area contributed by atoms with Crippen LogP contribution in [0.4, 0.5) is 0 Å². The Morgan fingerprint density at radius 2 is 2.50 bits per heavy atom. The summed E-state index contributed by atoms with van der Waals surface area (Å²) in [7, 11) is 2.15. The van der Waals surface area contributed by atoms with Gasteiger partial charge in [-0.05, 0) is 19.0 Å². The molecule has 2 rings (SSSR count). The average molecular weight is 136 g/mol. The van der Waals surface area contributed by atoms with Crippen LogP contribution in [-0.2, 0) is 0 Å². The Morgan fingerprint density at radius 3 is 3.40 bits per heavy atom. The minimum Gasteiger partial charge on any atom is -0.300 e. The molecule has 2 heteroatoms. The fourth-order valence-electron chi connectivity index (χ4n) is 1.53. The molecule has 0 saturated heterocycles. The van der Waals surface area contributed by atoms with E-state index in [1.807, 2.05) is 6.21 Å². The third-order valence-electron chi connectivity index (χ3n) is 2.21. The van der Waals surface area contributed by atoms with Crippen LogP contribution in [0.5, 0.6) is 0 Å². The summed E-state index contributed by atoms with van der Waals surface area (Å²) in [4.78, 5) is 6.64. The average Bonchev–Trinajstić information content (AvgIpc) is 2.33. The van der Waals surface area contributed by atoms with Crippen LogP contribution >= 0.6 is 0 Å². The van der Waals surface area contributed by atoms with Gasteiger partial charge in [0.2, 0.25) is 0 Å². The van der Waals surface area contributed by atoms with Gasteiger partial charge >= 0.3 is 0 Å². The van der Waals surface area contributed by atoms with Crippen molar-refractivity contribution >= 4 is 6.21 Å². The van der Waals surface area contributed by atoms with Crippen molar-refractivity contribution in [3.8, 4) is 0 Å². The Hall–Kier alpha value is -0.630. The van der Waals surface area contributed by atoms with Crippen LogP contribution in [0.2, 0.25) is 0 Å². The van der Waals surface area contributed by atoms with E-state index >= 15 is 0 Å². The minimum atomic E-state index is 1.06. The lowest BCUT2D eigenvalue weighted by molar-refractivity contribution is 0.347. The molecule has 0 saturated carbocycles. The highest BCUT2D eigenvalue weighted by Crippen LogP contribution is 2.23. The molecule has 0 aromatic carbocycles. The van der Waals surface area contributed by atoms with E-state index in [1.165, 1.54) is 18.7 Å². The van der Waals surface area contributed by atoms with Gasteiger partial charge in [-0.2, -0.15) is 0 Å². The molecular formula is C8H12N2. The highest BCUT2D eigenvalue weighted by Gasteiger charge is 2.17. The predicted molar refractivity (Wildman–Crippen MR) is 42.2 cm³/mol. The van der Waals surface area contributed by atoms with Crippen LogP contribution in [0.25, 0.3) is 0 Å². The molecule has 2 aliphatic rings. The van der Waals surface area contributed by atoms with Gasteiger partial charge in [0.05, 0.1) is 5.70 Å². The SMILES string of the molecule is CN1CCC2=C(C1)N=CC2. The van der Waals surface area contributed by atoms with Crippen LogP contribution in [0.1, 0.15) is 12.8 Å². The molecular weight excluding hydrogens is 124 g/mol. The second-order valence-corrected chi connectivity index (χ2v) is 3.05. The van der Waals surface area contributed by atoms with Gasteiger partial charge in [0.15, 0.2) is 0 Å². The van der Waals surface area contributed by atoms with Crippen LogP contribution in [-0.4, -0.2) is 31.3 Å². The van der Waals surface area contributed by atoms with Gasteiger partial charge in [0.1, 0.15) is 0 Å². The molecule has 0 amide bonds. The maximum absolute atomic E-state index is 4.32. The van der Waals surface area contributed by atoms with E-state index in [0.29, 0.717) is 0 Å². The molecule has 54 valence electrons. The lowest BCUT2D eigenvalue weighted by Gasteiger charge is -2.22. The molecule has 0 aromatic heterocycles. The third-order valence-corrected chi connectivity index (χ3v) is 2.21. The second-order valence-electron chi connectivity index (χ2n) is 3.05. The molecule has 0 aliphatic carbocycles. The first-order valence-electron chi connectivity index (χ1n) is 3.78. The molecule has 10 heavy (non-hydrogen) atoms. The molecule has 0 radical (unpaired) electrons. The van der Waals surface area contributed by atoms with Crippen molar-refractivity contribution in [2.75, 3.05) is 20.1 Å². The summed E-state index contributed by atoms with van der Waals surface area (Å²) in [6.07, 6.45) is 4.37. The van der Waals surface area contributed by atoms with E-state index in [2.05, 4.69) is 16.9 Å². The van der Waals surface area contributed by atoms with E-state index in [1.54, 1.807) is 5.57 Å². The molecule has 0 spiro atoms. The number of likely N-dealkylation sites (N-methyl/N-ethyl adjacent to an activating group) is 1. The predicted octanol–water partition coefficient (Wildman–Crippen LogP) is 1.05. The summed E-state index contributed by atoms with van der Waals surface area (Å²) < 4.78 is 0. The monoisotopic (exact) mass is 136 g/mol. The van der Waals surface area contributed by atoms with Crippen molar-refractivity contribution in [1.82, 2.24) is 4.90 Å². The summed E-state index contributed by atoms with van der Waals surface area (Å²) in [5.74, 6) is 0. The first kappa shape index (κ1) is 6.10. The fourth-order valence-corrected chi connectivity index (χ4v) is 1.53. The van der Waals surface area contributed by atoms with Crippen LogP contribution < -0.4 is 0 Å². The van der Waals surface area contributed by atoms with Crippen molar-refractivity contribution in [1.29, 1.82) is 0 Å². The van der Waals surface area contributed by atoms with E-state index in [-0.39, 0.29) is 0 Å². The largest absolute Gasteiger partial charge is 0.300 e. The van der Waals surface area contributed by atoms with Crippen molar-refractivity contribution in [2.45, 2.75) is 12.8 Å².